The first-order chi connectivity index (χ1) is 20.9. The van der Waals surface area contributed by atoms with Gasteiger partial charge in [-0.05, 0) is 53.1 Å². The van der Waals surface area contributed by atoms with Crippen LogP contribution in [0.25, 0.3) is 0 Å². The molecule has 0 unspecified atom stereocenters. The minimum atomic E-state index is -1.05. The van der Waals surface area contributed by atoms with Crippen LogP contribution in [-0.2, 0) is 22.6 Å². The van der Waals surface area contributed by atoms with Gasteiger partial charge in [-0.25, -0.2) is 0 Å². The van der Waals surface area contributed by atoms with Gasteiger partial charge in [0.2, 0.25) is 5.91 Å². The summed E-state index contributed by atoms with van der Waals surface area (Å²) in [5, 5.41) is 2.98. The van der Waals surface area contributed by atoms with Crippen LogP contribution in [0.2, 0.25) is 0 Å². The second-order valence-electron chi connectivity index (χ2n) is 9.60. The maximum atomic E-state index is 14.3. The molecular formula is C34H36N2O7. The van der Waals surface area contributed by atoms with Crippen molar-refractivity contribution in [1.29, 1.82) is 0 Å². The quantitative estimate of drug-likeness (QED) is 0.216. The summed E-state index contributed by atoms with van der Waals surface area (Å²) < 4.78 is 27.1. The summed E-state index contributed by atoms with van der Waals surface area (Å²) in [7, 11) is 7.71. The van der Waals surface area contributed by atoms with Crippen LogP contribution in [0.3, 0.4) is 0 Å². The Labute approximate surface area is 251 Å². The lowest BCUT2D eigenvalue weighted by Crippen LogP contribution is -2.41. The predicted octanol–water partition coefficient (Wildman–Crippen LogP) is 5.68. The fraction of sp³-hybridized carbons (Fsp3) is 0.235. The van der Waals surface area contributed by atoms with Crippen LogP contribution in [0.5, 0.6) is 28.7 Å². The largest absolute Gasteiger partial charge is 0.497 e. The third-order valence-electron chi connectivity index (χ3n) is 6.98. The average Bonchev–Trinajstić information content (AvgIpc) is 3.05. The predicted molar refractivity (Wildman–Crippen MR) is 164 cm³/mol. The van der Waals surface area contributed by atoms with Gasteiger partial charge in [0, 0.05) is 12.6 Å². The lowest BCUT2D eigenvalue weighted by molar-refractivity contribution is -0.139. The number of nitrogens with one attached hydrogen (secondary N) is 1. The van der Waals surface area contributed by atoms with Gasteiger partial charge in [0.1, 0.15) is 23.3 Å². The summed E-state index contributed by atoms with van der Waals surface area (Å²) in [6.07, 6.45) is 0.0971. The molecule has 4 aromatic carbocycles. The fourth-order valence-corrected chi connectivity index (χ4v) is 4.72. The topological polar surface area (TPSA) is 95.6 Å². The normalized spacial score (nSPS) is 11.2. The Balaban J connectivity index is 1.82. The molecule has 9 nitrogen and oxygen atoms in total. The molecule has 0 fully saturated rings. The Morgan fingerprint density at radius 1 is 0.651 bits per heavy atom. The zero-order valence-corrected chi connectivity index (χ0v) is 25.0. The van der Waals surface area contributed by atoms with Crippen LogP contribution < -0.4 is 29.0 Å². The molecule has 0 saturated carbocycles. The fourth-order valence-electron chi connectivity index (χ4n) is 4.72. The maximum Gasteiger partial charge on any atom is 0.251 e. The molecule has 0 aliphatic heterocycles. The molecule has 4 aromatic rings. The zero-order valence-electron chi connectivity index (χ0n) is 25.0. The van der Waals surface area contributed by atoms with Crippen LogP contribution in [0, 0.1) is 0 Å². The molecule has 0 saturated heterocycles. The Hall–Kier alpha value is -5.18. The van der Waals surface area contributed by atoms with E-state index in [1.54, 1.807) is 55.5 Å². The number of rotatable bonds is 13. The van der Waals surface area contributed by atoms with E-state index < -0.39 is 11.9 Å². The molecule has 2 amide bonds. The van der Waals surface area contributed by atoms with Crippen molar-refractivity contribution in [3.8, 4) is 28.7 Å². The van der Waals surface area contributed by atoms with Crippen molar-refractivity contribution in [2.45, 2.75) is 19.0 Å². The second kappa shape index (κ2) is 14.6. The molecule has 1 N–H and O–H groups in total. The molecule has 4 rings (SSSR count). The van der Waals surface area contributed by atoms with Crippen LogP contribution in [-0.4, -0.2) is 52.3 Å². The van der Waals surface area contributed by atoms with Crippen molar-refractivity contribution < 1.29 is 33.3 Å². The molecular weight excluding hydrogens is 548 g/mol. The van der Waals surface area contributed by atoms with E-state index in [1.165, 1.54) is 21.3 Å². The molecule has 0 radical (unpaired) electrons. The molecule has 0 aliphatic carbocycles. The number of nitrogens with zero attached hydrogens (tertiary/aromatic N) is 1. The van der Waals surface area contributed by atoms with E-state index in [0.29, 0.717) is 40.0 Å². The maximum absolute atomic E-state index is 14.3. The van der Waals surface area contributed by atoms with Gasteiger partial charge < -0.3 is 33.9 Å². The molecule has 43 heavy (non-hydrogen) atoms. The van der Waals surface area contributed by atoms with Gasteiger partial charge in [-0.3, -0.25) is 9.59 Å². The number of anilines is 1. The van der Waals surface area contributed by atoms with Gasteiger partial charge in [0.25, 0.3) is 5.91 Å². The summed E-state index contributed by atoms with van der Waals surface area (Å²) in [5.74, 6) is 1.93. The van der Waals surface area contributed by atoms with Crippen molar-refractivity contribution in [2.75, 3.05) is 40.9 Å². The summed E-state index contributed by atoms with van der Waals surface area (Å²) in [5.41, 5.74) is 2.62. The standard InChI is InChI=1S/C34H36N2O7/c1-39-26-14-11-24(12-15-26)22-36(32(37)19-23-9-7-6-8-10-23)33(25-13-18-29(41-3)31(20-25)43-5)34(38)35-28-17-16-27(40-2)21-30(28)42-4/h6-18,20-21,33H,19,22H2,1-5H3,(H,35,38)/t33-/m0/s1. The molecule has 9 heteroatoms. The Morgan fingerprint density at radius 3 is 1.93 bits per heavy atom. The number of ether oxygens (including phenoxy) is 5. The van der Waals surface area contributed by atoms with Gasteiger partial charge in [-0.2, -0.15) is 0 Å². The highest BCUT2D eigenvalue weighted by Gasteiger charge is 2.33. The lowest BCUT2D eigenvalue weighted by Gasteiger charge is -2.32. The zero-order chi connectivity index (χ0) is 30.8. The van der Waals surface area contributed by atoms with E-state index in [0.717, 1.165) is 11.1 Å². The second-order valence-corrected chi connectivity index (χ2v) is 9.60. The monoisotopic (exact) mass is 584 g/mol. The number of amides is 2. The first-order valence-corrected chi connectivity index (χ1v) is 13.6. The number of methoxy groups -OCH3 is 5. The van der Waals surface area contributed by atoms with Gasteiger partial charge in [0.05, 0.1) is 47.7 Å². The number of benzene rings is 4. The number of carbonyl (C=O) groups excluding carboxylic acids is 2. The third kappa shape index (κ3) is 7.56. The number of hydrogen-bond donors (Lipinski definition) is 1. The van der Waals surface area contributed by atoms with E-state index in [2.05, 4.69) is 5.32 Å². The number of carbonyl (C=O) groups is 2. The van der Waals surface area contributed by atoms with Gasteiger partial charge in [-0.1, -0.05) is 48.5 Å². The smallest absolute Gasteiger partial charge is 0.251 e. The Morgan fingerprint density at radius 2 is 1.30 bits per heavy atom. The van der Waals surface area contributed by atoms with Crippen molar-refractivity contribution in [3.63, 3.8) is 0 Å². The highest BCUT2D eigenvalue weighted by molar-refractivity contribution is 5.99. The van der Waals surface area contributed by atoms with E-state index in [4.69, 9.17) is 23.7 Å². The SMILES string of the molecule is COc1ccc(CN(C(=O)Cc2ccccc2)[C@H](C(=O)Nc2ccc(OC)cc2OC)c2ccc(OC)c(OC)c2)cc1. The number of hydrogen-bond acceptors (Lipinski definition) is 7. The van der Waals surface area contributed by atoms with Gasteiger partial charge in [0.15, 0.2) is 11.5 Å². The molecule has 0 aromatic heterocycles. The van der Waals surface area contributed by atoms with Gasteiger partial charge >= 0.3 is 0 Å². The minimum absolute atomic E-state index is 0.0971. The van der Waals surface area contributed by atoms with Crippen LogP contribution in [0.1, 0.15) is 22.7 Å². The van der Waals surface area contributed by atoms with E-state index in [9.17, 15) is 9.59 Å². The van der Waals surface area contributed by atoms with Crippen LogP contribution in [0.15, 0.2) is 91.0 Å². The third-order valence-corrected chi connectivity index (χ3v) is 6.98. The molecule has 0 bridgehead atoms. The van der Waals surface area contributed by atoms with Crippen molar-refractivity contribution in [2.24, 2.45) is 0 Å². The molecule has 1 atom stereocenters. The van der Waals surface area contributed by atoms with Crippen molar-refractivity contribution >= 4 is 17.5 Å². The minimum Gasteiger partial charge on any atom is -0.497 e. The van der Waals surface area contributed by atoms with E-state index in [-0.39, 0.29) is 18.9 Å². The molecule has 0 aliphatic rings. The average molecular weight is 585 g/mol. The first-order valence-electron chi connectivity index (χ1n) is 13.6. The molecule has 0 spiro atoms. The molecule has 0 heterocycles. The van der Waals surface area contributed by atoms with E-state index >= 15 is 0 Å². The van der Waals surface area contributed by atoms with Gasteiger partial charge in [-0.15, -0.1) is 0 Å². The lowest BCUT2D eigenvalue weighted by atomic mass is 10.0. The Kier molecular flexibility index (Phi) is 10.5. The highest BCUT2D eigenvalue weighted by atomic mass is 16.5. The van der Waals surface area contributed by atoms with Crippen LogP contribution >= 0.6 is 0 Å². The first kappa shape index (κ1) is 30.8. The Bertz CT molecular complexity index is 1520. The van der Waals surface area contributed by atoms with Crippen LogP contribution in [0.4, 0.5) is 5.69 Å². The van der Waals surface area contributed by atoms with E-state index in [1.807, 2.05) is 54.6 Å². The summed E-state index contributed by atoms with van der Waals surface area (Å²) in [6.45, 7) is 0.155. The summed E-state index contributed by atoms with van der Waals surface area (Å²) in [6, 6.07) is 26.0. The molecule has 224 valence electrons. The summed E-state index contributed by atoms with van der Waals surface area (Å²) >= 11 is 0. The van der Waals surface area contributed by atoms with Crippen molar-refractivity contribution in [1.82, 2.24) is 4.90 Å². The summed E-state index contributed by atoms with van der Waals surface area (Å²) in [4.78, 5) is 30.0. The van der Waals surface area contributed by atoms with Crippen molar-refractivity contribution in [3.05, 3.63) is 108 Å². The highest BCUT2D eigenvalue weighted by Crippen LogP contribution is 2.35.